The van der Waals surface area contributed by atoms with Gasteiger partial charge in [0.15, 0.2) is 5.82 Å². The molecule has 2 aromatic rings. The first-order valence-corrected chi connectivity index (χ1v) is 5.86. The van der Waals surface area contributed by atoms with Crippen LogP contribution in [-0.4, -0.2) is 15.7 Å². The quantitative estimate of drug-likeness (QED) is 0.797. The zero-order valence-electron chi connectivity index (χ0n) is 10.1. The maximum Gasteiger partial charge on any atom is 0.224 e. The summed E-state index contributed by atoms with van der Waals surface area (Å²) in [5.74, 6) is 0.605. The number of nitrogens with zero attached hydrogens (tertiary/aromatic N) is 2. The van der Waals surface area contributed by atoms with E-state index in [1.54, 1.807) is 4.68 Å². The topological polar surface area (TPSA) is 72.9 Å². The van der Waals surface area contributed by atoms with Gasteiger partial charge < -0.3 is 11.1 Å². The number of carbonyl (C=O) groups is 1. The van der Waals surface area contributed by atoms with Crippen LogP contribution in [0.3, 0.4) is 0 Å². The van der Waals surface area contributed by atoms with Gasteiger partial charge in [-0.3, -0.25) is 9.48 Å². The molecule has 0 bridgehead atoms. The van der Waals surface area contributed by atoms with Gasteiger partial charge in [-0.1, -0.05) is 6.07 Å². The lowest BCUT2D eigenvalue weighted by atomic mass is 9.98. The summed E-state index contributed by atoms with van der Waals surface area (Å²) in [7, 11) is 1.85. The summed E-state index contributed by atoms with van der Waals surface area (Å²) in [6.07, 6.45) is 3.21. The molecule has 0 unspecified atom stereocenters. The number of nitrogens with two attached hydrogens (primary N) is 1. The predicted octanol–water partition coefficient (Wildman–Crippen LogP) is 1.55. The number of rotatable bonds is 1. The molecule has 1 amide bonds. The normalized spacial score (nSPS) is 14.2. The van der Waals surface area contributed by atoms with Crippen molar-refractivity contribution in [1.29, 1.82) is 0 Å². The number of nitrogens with one attached hydrogen (secondary N) is 1. The van der Waals surface area contributed by atoms with Gasteiger partial charge in [0.25, 0.3) is 0 Å². The fourth-order valence-electron chi connectivity index (χ4n) is 2.28. The highest BCUT2D eigenvalue weighted by Gasteiger charge is 2.16. The number of fused-ring (bicyclic) bond motifs is 1. The molecule has 3 N–H and O–H groups in total. The molecule has 5 heteroatoms. The van der Waals surface area contributed by atoms with E-state index in [4.69, 9.17) is 5.73 Å². The molecule has 0 saturated heterocycles. The second-order valence-corrected chi connectivity index (χ2v) is 4.52. The van der Waals surface area contributed by atoms with Gasteiger partial charge in [0.2, 0.25) is 5.91 Å². The molecule has 0 fully saturated rings. The highest BCUT2D eigenvalue weighted by Crippen LogP contribution is 2.30. The van der Waals surface area contributed by atoms with Gasteiger partial charge >= 0.3 is 0 Å². The first-order chi connectivity index (χ1) is 8.63. The molecule has 1 aromatic carbocycles. The Morgan fingerprint density at radius 1 is 1.39 bits per heavy atom. The molecule has 2 heterocycles. The van der Waals surface area contributed by atoms with Gasteiger partial charge in [-0.25, -0.2) is 0 Å². The molecule has 0 aliphatic carbocycles. The Morgan fingerprint density at radius 2 is 2.22 bits per heavy atom. The van der Waals surface area contributed by atoms with E-state index in [0.29, 0.717) is 12.2 Å². The molecule has 0 atom stereocenters. The summed E-state index contributed by atoms with van der Waals surface area (Å²) in [6, 6.07) is 5.95. The third kappa shape index (κ3) is 1.73. The number of carbonyl (C=O) groups excluding carboxylic acids is 1. The monoisotopic (exact) mass is 242 g/mol. The van der Waals surface area contributed by atoms with Gasteiger partial charge in [-0.2, -0.15) is 5.10 Å². The molecule has 0 saturated carbocycles. The van der Waals surface area contributed by atoms with E-state index >= 15 is 0 Å². The minimum atomic E-state index is 0.0798. The fourth-order valence-corrected chi connectivity index (χ4v) is 2.28. The van der Waals surface area contributed by atoms with E-state index in [-0.39, 0.29) is 5.91 Å². The van der Waals surface area contributed by atoms with Crippen molar-refractivity contribution in [2.75, 3.05) is 11.1 Å². The van der Waals surface area contributed by atoms with Crippen LogP contribution < -0.4 is 11.1 Å². The maximum absolute atomic E-state index is 11.3. The van der Waals surface area contributed by atoms with Crippen LogP contribution in [0.1, 0.15) is 12.0 Å². The number of aromatic nitrogens is 2. The largest absolute Gasteiger partial charge is 0.382 e. The summed E-state index contributed by atoms with van der Waals surface area (Å²) in [4.78, 5) is 11.3. The SMILES string of the molecule is Cn1cc(-c2ccc3c(c2)CCC(=O)N3)c(N)n1. The Morgan fingerprint density at radius 3 is 2.94 bits per heavy atom. The lowest BCUT2D eigenvalue weighted by molar-refractivity contribution is -0.116. The second kappa shape index (κ2) is 3.87. The predicted molar refractivity (Wildman–Crippen MR) is 70.0 cm³/mol. The highest BCUT2D eigenvalue weighted by molar-refractivity contribution is 5.94. The Labute approximate surface area is 105 Å². The van der Waals surface area contributed by atoms with Gasteiger partial charge in [-0.15, -0.1) is 0 Å². The lowest BCUT2D eigenvalue weighted by Crippen LogP contribution is -2.18. The molecule has 18 heavy (non-hydrogen) atoms. The third-order valence-electron chi connectivity index (χ3n) is 3.17. The molecular formula is C13H14N4O. The minimum absolute atomic E-state index is 0.0798. The van der Waals surface area contributed by atoms with Gasteiger partial charge in [0.1, 0.15) is 0 Å². The number of nitrogen functional groups attached to an aromatic ring is 1. The zero-order chi connectivity index (χ0) is 12.7. The average Bonchev–Trinajstić information content (AvgIpc) is 2.68. The number of anilines is 2. The molecule has 92 valence electrons. The van der Waals surface area contributed by atoms with Crippen LogP contribution in [0.2, 0.25) is 0 Å². The van der Waals surface area contributed by atoms with Crippen LogP contribution in [0.4, 0.5) is 11.5 Å². The Balaban J connectivity index is 2.05. The van der Waals surface area contributed by atoms with Crippen molar-refractivity contribution >= 4 is 17.4 Å². The molecule has 0 spiro atoms. The fraction of sp³-hybridized carbons (Fsp3) is 0.231. The number of aryl methyl sites for hydroxylation is 2. The summed E-state index contributed by atoms with van der Waals surface area (Å²) < 4.78 is 1.70. The third-order valence-corrected chi connectivity index (χ3v) is 3.17. The molecule has 5 nitrogen and oxygen atoms in total. The lowest BCUT2D eigenvalue weighted by Gasteiger charge is -2.17. The number of hydrogen-bond acceptors (Lipinski definition) is 3. The van der Waals surface area contributed by atoms with Crippen molar-refractivity contribution < 1.29 is 4.79 Å². The summed E-state index contributed by atoms with van der Waals surface area (Å²) in [6.45, 7) is 0. The van der Waals surface area contributed by atoms with Crippen LogP contribution >= 0.6 is 0 Å². The van der Waals surface area contributed by atoms with E-state index in [2.05, 4.69) is 16.5 Å². The molecule has 1 aliphatic heterocycles. The average molecular weight is 242 g/mol. The van der Waals surface area contributed by atoms with E-state index in [1.807, 2.05) is 25.4 Å². The van der Waals surface area contributed by atoms with Gasteiger partial charge in [0, 0.05) is 30.9 Å². The van der Waals surface area contributed by atoms with Crippen LogP contribution in [0.5, 0.6) is 0 Å². The summed E-state index contributed by atoms with van der Waals surface area (Å²) >= 11 is 0. The Bertz CT molecular complexity index is 630. The second-order valence-electron chi connectivity index (χ2n) is 4.52. The summed E-state index contributed by atoms with van der Waals surface area (Å²) in [5.41, 5.74) is 9.88. The standard InChI is InChI=1S/C13H14N4O/c1-17-7-10(13(14)16-17)8-2-4-11-9(6-8)3-5-12(18)15-11/h2,4,6-7H,3,5H2,1H3,(H2,14,16)(H,15,18). The van der Waals surface area contributed by atoms with E-state index in [0.717, 1.165) is 28.8 Å². The van der Waals surface area contributed by atoms with Crippen LogP contribution in [0.15, 0.2) is 24.4 Å². The Kier molecular flexibility index (Phi) is 2.33. The van der Waals surface area contributed by atoms with E-state index in [1.165, 1.54) is 0 Å². The molecule has 1 aromatic heterocycles. The molecule has 3 rings (SSSR count). The van der Waals surface area contributed by atoms with Crippen molar-refractivity contribution in [2.24, 2.45) is 7.05 Å². The van der Waals surface area contributed by atoms with Crippen molar-refractivity contribution in [3.05, 3.63) is 30.0 Å². The van der Waals surface area contributed by atoms with Crippen molar-refractivity contribution in [2.45, 2.75) is 12.8 Å². The molecule has 1 aliphatic rings. The van der Waals surface area contributed by atoms with Crippen LogP contribution in [0, 0.1) is 0 Å². The number of amides is 1. The summed E-state index contributed by atoms with van der Waals surface area (Å²) in [5, 5.41) is 7.00. The van der Waals surface area contributed by atoms with Crippen molar-refractivity contribution in [1.82, 2.24) is 9.78 Å². The number of benzene rings is 1. The zero-order valence-corrected chi connectivity index (χ0v) is 10.1. The first kappa shape index (κ1) is 10.8. The van der Waals surface area contributed by atoms with E-state index in [9.17, 15) is 4.79 Å². The first-order valence-electron chi connectivity index (χ1n) is 5.86. The molecule has 0 radical (unpaired) electrons. The van der Waals surface area contributed by atoms with E-state index < -0.39 is 0 Å². The highest BCUT2D eigenvalue weighted by atomic mass is 16.1. The van der Waals surface area contributed by atoms with Crippen LogP contribution in [-0.2, 0) is 18.3 Å². The Hall–Kier alpha value is -2.30. The van der Waals surface area contributed by atoms with Gasteiger partial charge in [0.05, 0.1) is 0 Å². The van der Waals surface area contributed by atoms with Crippen LogP contribution in [0.25, 0.3) is 11.1 Å². The minimum Gasteiger partial charge on any atom is -0.382 e. The maximum atomic E-state index is 11.3. The van der Waals surface area contributed by atoms with Crippen molar-refractivity contribution in [3.8, 4) is 11.1 Å². The molecular weight excluding hydrogens is 228 g/mol. The van der Waals surface area contributed by atoms with Gasteiger partial charge in [-0.05, 0) is 29.7 Å². The van der Waals surface area contributed by atoms with Crippen molar-refractivity contribution in [3.63, 3.8) is 0 Å². The smallest absolute Gasteiger partial charge is 0.224 e. The number of hydrogen-bond donors (Lipinski definition) is 2.